The molecule has 3 unspecified atom stereocenters. The first kappa shape index (κ1) is 21.8. The maximum Gasteiger partial charge on any atom is 0.0755 e. The number of fused-ring (bicyclic) bond motifs is 1. The zero-order valence-corrected chi connectivity index (χ0v) is 18.5. The molecular formula is C26H43NO. The first-order valence-electron chi connectivity index (χ1n) is 12.0. The third-order valence-corrected chi connectivity index (χ3v) is 8.00. The zero-order valence-electron chi connectivity index (χ0n) is 18.5. The summed E-state index contributed by atoms with van der Waals surface area (Å²) in [5.74, 6) is 1.69. The third-order valence-electron chi connectivity index (χ3n) is 8.00. The molecule has 1 aliphatic heterocycles. The average molecular weight is 386 g/mol. The molecule has 158 valence electrons. The Bertz CT molecular complexity index is 571. The number of nitrogens with zero attached hydrogens (tertiary/aromatic N) is 1. The lowest BCUT2D eigenvalue weighted by atomic mass is 9.63. The van der Waals surface area contributed by atoms with Crippen molar-refractivity contribution in [3.8, 4) is 0 Å². The van der Waals surface area contributed by atoms with Crippen LogP contribution in [-0.4, -0.2) is 35.7 Å². The molecule has 2 aliphatic carbocycles. The lowest BCUT2D eigenvalue weighted by Crippen LogP contribution is -2.35. The Hall–Kier alpha value is -0.860. The van der Waals surface area contributed by atoms with Crippen molar-refractivity contribution in [1.29, 1.82) is 0 Å². The van der Waals surface area contributed by atoms with Gasteiger partial charge in [0.25, 0.3) is 0 Å². The van der Waals surface area contributed by atoms with E-state index < -0.39 is 6.10 Å². The van der Waals surface area contributed by atoms with E-state index >= 15 is 0 Å². The lowest BCUT2D eigenvalue weighted by Gasteiger charge is -2.42. The van der Waals surface area contributed by atoms with E-state index in [-0.39, 0.29) is 0 Å². The summed E-state index contributed by atoms with van der Waals surface area (Å²) >= 11 is 0. The molecule has 2 heteroatoms. The third kappa shape index (κ3) is 5.19. The Morgan fingerprint density at radius 2 is 2.07 bits per heavy atom. The summed E-state index contributed by atoms with van der Waals surface area (Å²) in [5.41, 5.74) is 3.58. The van der Waals surface area contributed by atoms with Crippen LogP contribution < -0.4 is 0 Å². The summed E-state index contributed by atoms with van der Waals surface area (Å²) < 4.78 is 0. The number of aliphatic hydroxyl groups is 1. The van der Waals surface area contributed by atoms with Crippen LogP contribution >= 0.6 is 0 Å². The molecule has 3 rings (SSSR count). The Morgan fingerprint density at radius 3 is 2.79 bits per heavy atom. The molecule has 0 aromatic rings. The van der Waals surface area contributed by atoms with Crippen LogP contribution in [0.4, 0.5) is 0 Å². The predicted molar refractivity (Wildman–Crippen MR) is 120 cm³/mol. The monoisotopic (exact) mass is 385 g/mol. The van der Waals surface area contributed by atoms with Gasteiger partial charge in [-0.25, -0.2) is 0 Å². The van der Waals surface area contributed by atoms with Gasteiger partial charge in [-0.15, -0.1) is 6.58 Å². The van der Waals surface area contributed by atoms with Crippen molar-refractivity contribution >= 4 is 0 Å². The minimum Gasteiger partial charge on any atom is -0.389 e. The highest BCUT2D eigenvalue weighted by molar-refractivity contribution is 5.25. The van der Waals surface area contributed by atoms with E-state index in [0.29, 0.717) is 5.41 Å². The minimum atomic E-state index is -0.408. The van der Waals surface area contributed by atoms with E-state index in [9.17, 15) is 5.11 Å². The van der Waals surface area contributed by atoms with Crippen LogP contribution in [-0.2, 0) is 0 Å². The smallest absolute Gasteiger partial charge is 0.0755 e. The van der Waals surface area contributed by atoms with Gasteiger partial charge in [-0.1, -0.05) is 49.6 Å². The van der Waals surface area contributed by atoms with Crippen LogP contribution in [0.25, 0.3) is 0 Å². The van der Waals surface area contributed by atoms with Gasteiger partial charge in [0.2, 0.25) is 0 Å². The van der Waals surface area contributed by atoms with Gasteiger partial charge in [0.1, 0.15) is 0 Å². The van der Waals surface area contributed by atoms with Crippen LogP contribution in [0.2, 0.25) is 0 Å². The van der Waals surface area contributed by atoms with Crippen molar-refractivity contribution in [2.75, 3.05) is 19.6 Å². The first-order chi connectivity index (χ1) is 13.6. The summed E-state index contributed by atoms with van der Waals surface area (Å²) in [5, 5.41) is 9.98. The van der Waals surface area contributed by atoms with Gasteiger partial charge >= 0.3 is 0 Å². The first-order valence-corrected chi connectivity index (χ1v) is 12.0. The molecule has 3 fully saturated rings. The molecule has 0 amide bonds. The number of rotatable bonds is 9. The van der Waals surface area contributed by atoms with Crippen LogP contribution in [0.15, 0.2) is 36.0 Å². The minimum absolute atomic E-state index is 0.408. The Balaban J connectivity index is 1.67. The van der Waals surface area contributed by atoms with Crippen molar-refractivity contribution in [2.45, 2.75) is 90.6 Å². The van der Waals surface area contributed by atoms with Gasteiger partial charge in [-0.05, 0) is 101 Å². The summed E-state index contributed by atoms with van der Waals surface area (Å²) in [6.07, 6.45) is 20.1. The van der Waals surface area contributed by atoms with Crippen LogP contribution in [0.3, 0.4) is 0 Å². The highest BCUT2D eigenvalue weighted by Gasteiger charge is 2.48. The second-order valence-electron chi connectivity index (χ2n) is 9.85. The topological polar surface area (TPSA) is 23.5 Å². The second-order valence-corrected chi connectivity index (χ2v) is 9.85. The van der Waals surface area contributed by atoms with Gasteiger partial charge in [-0.2, -0.15) is 0 Å². The molecule has 2 nitrogen and oxygen atoms in total. The van der Waals surface area contributed by atoms with Crippen LogP contribution in [0, 0.1) is 17.3 Å². The zero-order chi connectivity index (χ0) is 20.0. The van der Waals surface area contributed by atoms with Crippen molar-refractivity contribution in [3.05, 3.63) is 36.0 Å². The lowest BCUT2D eigenvalue weighted by molar-refractivity contribution is 0.120. The maximum atomic E-state index is 9.98. The van der Waals surface area contributed by atoms with E-state index in [2.05, 4.69) is 37.5 Å². The van der Waals surface area contributed by atoms with E-state index in [1.54, 1.807) is 11.6 Å². The summed E-state index contributed by atoms with van der Waals surface area (Å²) in [7, 11) is 0. The SMILES string of the molecule is C=CC(O)C/C(=C\C=C1/CCCC2(C)C1CC[C@@H]2CCN1CCCC1)CCC. The van der Waals surface area contributed by atoms with Gasteiger partial charge in [0, 0.05) is 0 Å². The summed E-state index contributed by atoms with van der Waals surface area (Å²) in [6, 6.07) is 0. The predicted octanol–water partition coefficient (Wildman–Crippen LogP) is 6.28. The van der Waals surface area contributed by atoms with Gasteiger partial charge in [0.15, 0.2) is 0 Å². The molecule has 0 aromatic carbocycles. The molecule has 1 heterocycles. The molecule has 4 atom stereocenters. The molecule has 2 saturated carbocycles. The quantitative estimate of drug-likeness (QED) is 0.472. The maximum absolute atomic E-state index is 9.98. The Kier molecular flexibility index (Phi) is 8.00. The number of hydrogen-bond acceptors (Lipinski definition) is 2. The molecule has 3 aliphatic rings. The van der Waals surface area contributed by atoms with Gasteiger partial charge in [-0.3, -0.25) is 0 Å². The van der Waals surface area contributed by atoms with Crippen molar-refractivity contribution in [1.82, 2.24) is 4.90 Å². The standard InChI is InChI=1S/C26H43NO/c1-4-9-21(20-24(28)5-2)11-12-22-10-8-16-26(3)23(13-14-25(22)26)15-19-27-17-6-7-18-27/h5,11-12,23-25,28H,2,4,6-10,13-20H2,1,3H3/b21-11-,22-12+/t23-,24?,25?,26?/m1/s1. The molecular weight excluding hydrogens is 342 g/mol. The molecule has 28 heavy (non-hydrogen) atoms. The Morgan fingerprint density at radius 1 is 1.29 bits per heavy atom. The molecule has 0 spiro atoms. The normalized spacial score (nSPS) is 34.0. The molecule has 0 radical (unpaired) electrons. The fourth-order valence-electron chi connectivity index (χ4n) is 6.32. The molecule has 1 N–H and O–H groups in total. The number of aliphatic hydroxyl groups excluding tert-OH is 1. The van der Waals surface area contributed by atoms with E-state index in [1.807, 2.05) is 0 Å². The number of hydrogen-bond donors (Lipinski definition) is 1. The Labute approximate surface area is 173 Å². The van der Waals surface area contributed by atoms with E-state index in [4.69, 9.17) is 0 Å². The van der Waals surface area contributed by atoms with Crippen molar-refractivity contribution < 1.29 is 5.11 Å². The summed E-state index contributed by atoms with van der Waals surface area (Å²) in [6.45, 7) is 12.6. The number of likely N-dealkylation sites (tertiary alicyclic amines) is 1. The van der Waals surface area contributed by atoms with Crippen LogP contribution in [0.1, 0.15) is 84.5 Å². The van der Waals surface area contributed by atoms with Gasteiger partial charge in [0.05, 0.1) is 6.10 Å². The van der Waals surface area contributed by atoms with E-state index in [0.717, 1.165) is 31.1 Å². The van der Waals surface area contributed by atoms with Gasteiger partial charge < -0.3 is 10.0 Å². The fourth-order valence-corrected chi connectivity index (χ4v) is 6.32. The van der Waals surface area contributed by atoms with Crippen LogP contribution in [0.5, 0.6) is 0 Å². The fraction of sp³-hybridized carbons (Fsp3) is 0.769. The molecule has 0 bridgehead atoms. The van der Waals surface area contributed by atoms with Crippen molar-refractivity contribution in [3.63, 3.8) is 0 Å². The van der Waals surface area contributed by atoms with E-state index in [1.165, 1.54) is 76.6 Å². The molecule has 0 aromatic heterocycles. The van der Waals surface area contributed by atoms with Crippen molar-refractivity contribution in [2.24, 2.45) is 17.3 Å². The average Bonchev–Trinajstić information content (AvgIpc) is 3.31. The second kappa shape index (κ2) is 10.3. The highest BCUT2D eigenvalue weighted by Crippen LogP contribution is 2.58. The largest absolute Gasteiger partial charge is 0.389 e. The summed E-state index contributed by atoms with van der Waals surface area (Å²) in [4.78, 5) is 2.70. The highest BCUT2D eigenvalue weighted by atomic mass is 16.3. The number of allylic oxidation sites excluding steroid dienone is 3. The molecule has 1 saturated heterocycles.